The molecule has 6 nitrogen and oxygen atoms in total. The number of likely N-dealkylation sites (tertiary alicyclic amines) is 1. The van der Waals surface area contributed by atoms with Crippen LogP contribution in [0.25, 0.3) is 0 Å². The van der Waals surface area contributed by atoms with E-state index in [9.17, 15) is 9.59 Å². The second-order valence-corrected chi connectivity index (χ2v) is 9.56. The van der Waals surface area contributed by atoms with E-state index in [2.05, 4.69) is 34.5 Å². The van der Waals surface area contributed by atoms with Crippen molar-refractivity contribution in [3.05, 3.63) is 46.5 Å². The van der Waals surface area contributed by atoms with Crippen molar-refractivity contribution in [2.75, 3.05) is 19.7 Å². The van der Waals surface area contributed by atoms with E-state index in [-0.39, 0.29) is 24.2 Å². The molecule has 2 amide bonds. The normalized spacial score (nSPS) is 26.2. The van der Waals surface area contributed by atoms with Crippen molar-refractivity contribution in [2.45, 2.75) is 83.0 Å². The van der Waals surface area contributed by atoms with Gasteiger partial charge in [0.05, 0.1) is 12.6 Å². The molecule has 2 aliphatic carbocycles. The number of hydrogen-bond donors (Lipinski definition) is 1. The SMILES string of the molecule is CCOC(=O)N1CCC(NC2C3=C(CCCC3)C(=O)N2C2CCCc3ccccc32)CC1. The molecule has 6 heteroatoms. The first-order valence-electron chi connectivity index (χ1n) is 12.5. The van der Waals surface area contributed by atoms with Gasteiger partial charge in [-0.3, -0.25) is 10.1 Å². The van der Waals surface area contributed by atoms with Crippen molar-refractivity contribution < 1.29 is 14.3 Å². The highest BCUT2D eigenvalue weighted by Gasteiger charge is 2.45. The van der Waals surface area contributed by atoms with Crippen LogP contribution in [0.2, 0.25) is 0 Å². The first-order valence-corrected chi connectivity index (χ1v) is 12.5. The summed E-state index contributed by atoms with van der Waals surface area (Å²) in [5, 5.41) is 3.89. The Hall–Kier alpha value is -2.34. The molecule has 1 fully saturated rings. The molecule has 0 spiro atoms. The lowest BCUT2D eigenvalue weighted by atomic mass is 9.86. The molecule has 2 heterocycles. The Morgan fingerprint density at radius 3 is 2.66 bits per heavy atom. The van der Waals surface area contributed by atoms with Crippen LogP contribution in [0.3, 0.4) is 0 Å². The topological polar surface area (TPSA) is 61.9 Å². The molecule has 0 saturated carbocycles. The number of carbonyl (C=O) groups excluding carboxylic acids is 2. The summed E-state index contributed by atoms with van der Waals surface area (Å²) in [6.07, 6.45) is 9.04. The molecule has 172 valence electrons. The number of nitrogens with zero attached hydrogens (tertiary/aromatic N) is 2. The third-order valence-electron chi connectivity index (χ3n) is 7.70. The zero-order valence-electron chi connectivity index (χ0n) is 19.1. The molecule has 1 aromatic rings. The number of rotatable bonds is 4. The molecule has 2 unspecified atom stereocenters. The Bertz CT molecular complexity index is 903. The maximum Gasteiger partial charge on any atom is 0.409 e. The van der Waals surface area contributed by atoms with Gasteiger partial charge in [0.2, 0.25) is 0 Å². The number of ether oxygens (including phenoxy) is 1. The van der Waals surface area contributed by atoms with E-state index in [1.54, 1.807) is 0 Å². The van der Waals surface area contributed by atoms with Gasteiger partial charge in [0.1, 0.15) is 6.17 Å². The number of benzene rings is 1. The predicted octanol–water partition coefficient (Wildman–Crippen LogP) is 4.31. The van der Waals surface area contributed by atoms with Crippen LogP contribution in [-0.2, 0) is 16.0 Å². The lowest BCUT2D eigenvalue weighted by Crippen LogP contribution is -2.54. The number of carbonyl (C=O) groups is 2. The van der Waals surface area contributed by atoms with Crippen molar-refractivity contribution in [3.8, 4) is 0 Å². The number of nitrogens with one attached hydrogen (secondary N) is 1. The zero-order chi connectivity index (χ0) is 22.1. The molecule has 2 atom stereocenters. The van der Waals surface area contributed by atoms with Gasteiger partial charge in [0.15, 0.2) is 0 Å². The van der Waals surface area contributed by atoms with Gasteiger partial charge in [-0.1, -0.05) is 24.3 Å². The van der Waals surface area contributed by atoms with E-state index in [1.807, 2.05) is 11.8 Å². The molecule has 0 aromatic heterocycles. The molecule has 0 radical (unpaired) electrons. The Morgan fingerprint density at radius 1 is 1.06 bits per heavy atom. The summed E-state index contributed by atoms with van der Waals surface area (Å²) in [5.74, 6) is 0.253. The van der Waals surface area contributed by atoms with Crippen LogP contribution in [0.5, 0.6) is 0 Å². The van der Waals surface area contributed by atoms with Gasteiger partial charge < -0.3 is 14.5 Å². The zero-order valence-corrected chi connectivity index (χ0v) is 19.1. The van der Waals surface area contributed by atoms with Gasteiger partial charge in [-0.15, -0.1) is 0 Å². The molecule has 32 heavy (non-hydrogen) atoms. The fraction of sp³-hybridized carbons (Fsp3) is 0.615. The number of amides is 2. The molecule has 4 aliphatic rings. The third kappa shape index (κ3) is 3.94. The summed E-state index contributed by atoms with van der Waals surface area (Å²) in [6.45, 7) is 3.66. The van der Waals surface area contributed by atoms with Crippen LogP contribution in [0.15, 0.2) is 35.4 Å². The van der Waals surface area contributed by atoms with E-state index in [0.717, 1.165) is 56.9 Å². The Kier molecular flexibility index (Phi) is 6.22. The first kappa shape index (κ1) is 21.5. The van der Waals surface area contributed by atoms with Gasteiger partial charge in [-0.25, -0.2) is 4.79 Å². The van der Waals surface area contributed by atoms with Crippen molar-refractivity contribution in [1.82, 2.24) is 15.1 Å². The van der Waals surface area contributed by atoms with Crippen LogP contribution in [0.4, 0.5) is 4.79 Å². The maximum atomic E-state index is 13.7. The summed E-state index contributed by atoms with van der Waals surface area (Å²) < 4.78 is 5.17. The molecule has 2 aliphatic heterocycles. The van der Waals surface area contributed by atoms with Gasteiger partial charge in [0, 0.05) is 24.7 Å². The minimum Gasteiger partial charge on any atom is -0.450 e. The van der Waals surface area contributed by atoms with Gasteiger partial charge in [0.25, 0.3) is 5.91 Å². The minimum atomic E-state index is -0.209. The van der Waals surface area contributed by atoms with Gasteiger partial charge >= 0.3 is 6.09 Å². The number of piperidine rings is 1. The standard InChI is InChI=1S/C26H35N3O3/c1-2-32-26(31)28-16-14-19(15-17-28)27-24-21-11-5-6-12-22(21)25(30)29(24)23-13-7-9-18-8-3-4-10-20(18)23/h3-4,8,10,19,23-24,27H,2,5-7,9,11-17H2,1H3. The quantitative estimate of drug-likeness (QED) is 0.762. The monoisotopic (exact) mass is 437 g/mol. The average molecular weight is 438 g/mol. The fourth-order valence-electron chi connectivity index (χ4n) is 6.10. The molecule has 5 rings (SSSR count). The maximum absolute atomic E-state index is 13.7. The Morgan fingerprint density at radius 2 is 1.84 bits per heavy atom. The third-order valence-corrected chi connectivity index (χ3v) is 7.70. The molecule has 1 saturated heterocycles. The summed E-state index contributed by atoms with van der Waals surface area (Å²) in [6, 6.07) is 9.12. The van der Waals surface area contributed by atoms with Crippen LogP contribution in [-0.4, -0.2) is 53.7 Å². The Labute approximate surface area is 191 Å². The summed E-state index contributed by atoms with van der Waals surface area (Å²) in [5.41, 5.74) is 5.12. The van der Waals surface area contributed by atoms with Crippen LogP contribution in [0.1, 0.15) is 75.5 Å². The van der Waals surface area contributed by atoms with Gasteiger partial charge in [-0.2, -0.15) is 0 Å². The lowest BCUT2D eigenvalue weighted by Gasteiger charge is -2.41. The fourth-order valence-corrected chi connectivity index (χ4v) is 6.10. The summed E-state index contributed by atoms with van der Waals surface area (Å²) in [7, 11) is 0. The number of aryl methyl sites for hydroxylation is 1. The average Bonchev–Trinajstić information content (AvgIpc) is 3.11. The number of fused-ring (bicyclic) bond motifs is 1. The van der Waals surface area contributed by atoms with E-state index < -0.39 is 0 Å². The van der Waals surface area contributed by atoms with Crippen LogP contribution in [0, 0.1) is 0 Å². The summed E-state index contributed by atoms with van der Waals surface area (Å²) in [4.78, 5) is 29.7. The second-order valence-electron chi connectivity index (χ2n) is 9.56. The highest BCUT2D eigenvalue weighted by atomic mass is 16.6. The van der Waals surface area contributed by atoms with E-state index in [1.165, 1.54) is 23.1 Å². The number of hydrogen-bond acceptors (Lipinski definition) is 4. The highest BCUT2D eigenvalue weighted by Crippen LogP contribution is 2.44. The van der Waals surface area contributed by atoms with Crippen molar-refractivity contribution >= 4 is 12.0 Å². The Balaban J connectivity index is 1.36. The predicted molar refractivity (Wildman–Crippen MR) is 123 cm³/mol. The van der Waals surface area contributed by atoms with Crippen LogP contribution < -0.4 is 5.32 Å². The molecular formula is C26H35N3O3. The van der Waals surface area contributed by atoms with Crippen molar-refractivity contribution in [2.24, 2.45) is 0 Å². The van der Waals surface area contributed by atoms with Crippen molar-refractivity contribution in [3.63, 3.8) is 0 Å². The van der Waals surface area contributed by atoms with E-state index in [4.69, 9.17) is 4.74 Å². The summed E-state index contributed by atoms with van der Waals surface area (Å²) >= 11 is 0. The van der Waals surface area contributed by atoms with E-state index >= 15 is 0 Å². The molecule has 0 bridgehead atoms. The second kappa shape index (κ2) is 9.26. The smallest absolute Gasteiger partial charge is 0.409 e. The molecule has 1 N–H and O–H groups in total. The van der Waals surface area contributed by atoms with E-state index in [0.29, 0.717) is 25.7 Å². The largest absolute Gasteiger partial charge is 0.450 e. The molecular weight excluding hydrogens is 402 g/mol. The molecule has 1 aromatic carbocycles. The van der Waals surface area contributed by atoms with Gasteiger partial charge in [-0.05, 0) is 81.4 Å². The van der Waals surface area contributed by atoms with Crippen molar-refractivity contribution in [1.29, 1.82) is 0 Å². The first-order chi connectivity index (χ1) is 15.7. The minimum absolute atomic E-state index is 0.00639. The lowest BCUT2D eigenvalue weighted by molar-refractivity contribution is -0.130. The van der Waals surface area contributed by atoms with Crippen LogP contribution >= 0.6 is 0 Å². The highest BCUT2D eigenvalue weighted by molar-refractivity contribution is 5.98.